The van der Waals surface area contributed by atoms with E-state index in [1.54, 1.807) is 7.11 Å². The summed E-state index contributed by atoms with van der Waals surface area (Å²) in [5.41, 5.74) is 5.60. The first-order chi connectivity index (χ1) is 13.9. The largest absolute Gasteiger partial charge is 0.496 e. The van der Waals surface area contributed by atoms with E-state index in [2.05, 4.69) is 67.2 Å². The number of hydrogen-bond donors (Lipinski definition) is 2. The summed E-state index contributed by atoms with van der Waals surface area (Å²) in [5.74, 6) is 1.59. The lowest BCUT2D eigenvalue weighted by Crippen LogP contribution is -2.32. The summed E-state index contributed by atoms with van der Waals surface area (Å²) in [5, 5.41) is 2.99. The number of nitrogens with zero attached hydrogens (tertiary/aromatic N) is 2. The number of H-pyrrole nitrogens is 1. The van der Waals surface area contributed by atoms with Crippen LogP contribution in [-0.4, -0.2) is 36.1 Å². The highest BCUT2D eigenvalue weighted by molar-refractivity contribution is 5.98. The molecule has 0 aliphatic carbocycles. The highest BCUT2D eigenvalue weighted by Crippen LogP contribution is 2.40. The van der Waals surface area contributed by atoms with Crippen molar-refractivity contribution >= 4 is 28.3 Å². The zero-order chi connectivity index (χ0) is 20.8. The van der Waals surface area contributed by atoms with Crippen molar-refractivity contribution in [2.24, 2.45) is 0 Å². The summed E-state index contributed by atoms with van der Waals surface area (Å²) in [7, 11) is 1.68. The first kappa shape index (κ1) is 19.3. The third kappa shape index (κ3) is 3.33. The zero-order valence-electron chi connectivity index (χ0n) is 17.7. The van der Waals surface area contributed by atoms with Gasteiger partial charge in [-0.1, -0.05) is 13.8 Å². The van der Waals surface area contributed by atoms with Crippen molar-refractivity contribution in [3.8, 4) is 17.1 Å². The molecule has 0 saturated carbocycles. The number of aromatic amines is 1. The van der Waals surface area contributed by atoms with Gasteiger partial charge in [-0.25, -0.2) is 4.98 Å². The van der Waals surface area contributed by atoms with Crippen molar-refractivity contribution in [1.82, 2.24) is 9.97 Å². The third-order valence-electron chi connectivity index (χ3n) is 5.80. The van der Waals surface area contributed by atoms with E-state index < -0.39 is 0 Å². The maximum absolute atomic E-state index is 12.1. The fourth-order valence-electron chi connectivity index (χ4n) is 4.20. The van der Waals surface area contributed by atoms with Crippen molar-refractivity contribution in [1.29, 1.82) is 0 Å². The van der Waals surface area contributed by atoms with Gasteiger partial charge in [0.15, 0.2) is 0 Å². The normalized spacial score (nSPS) is 15.1. The van der Waals surface area contributed by atoms with E-state index in [0.29, 0.717) is 6.42 Å². The van der Waals surface area contributed by atoms with Gasteiger partial charge in [0.2, 0.25) is 5.91 Å². The number of anilines is 2. The maximum Gasteiger partial charge on any atom is 0.225 e. The topological polar surface area (TPSA) is 70.2 Å². The lowest BCUT2D eigenvalue weighted by molar-refractivity contribution is -0.117. The Bertz CT molecular complexity index is 1080. The number of aromatic nitrogens is 2. The van der Waals surface area contributed by atoms with Crippen LogP contribution in [0.25, 0.3) is 22.4 Å². The molecule has 2 aromatic carbocycles. The number of carbonyl (C=O) groups excluding carboxylic acids is 1. The van der Waals surface area contributed by atoms with Gasteiger partial charge in [0.1, 0.15) is 11.6 Å². The van der Waals surface area contributed by atoms with Gasteiger partial charge < -0.3 is 19.9 Å². The summed E-state index contributed by atoms with van der Waals surface area (Å²) < 4.78 is 5.68. The van der Waals surface area contributed by atoms with Gasteiger partial charge in [0.25, 0.3) is 0 Å². The zero-order valence-corrected chi connectivity index (χ0v) is 17.7. The van der Waals surface area contributed by atoms with Crippen LogP contribution in [0.5, 0.6) is 5.75 Å². The van der Waals surface area contributed by atoms with Gasteiger partial charge in [-0.05, 0) is 43.7 Å². The molecule has 0 radical (unpaired) electrons. The molecule has 1 aliphatic rings. The Balaban J connectivity index is 1.80. The Hall–Kier alpha value is -3.02. The van der Waals surface area contributed by atoms with Crippen LogP contribution in [0.15, 0.2) is 30.3 Å². The number of hydrogen-bond acceptors (Lipinski definition) is 4. The average Bonchev–Trinajstić information content (AvgIpc) is 3.09. The number of carbonyl (C=O) groups is 1. The molecule has 1 aromatic heterocycles. The summed E-state index contributed by atoms with van der Waals surface area (Å²) in [6.07, 6.45) is 0.479. The molecule has 0 bridgehead atoms. The Labute approximate surface area is 171 Å². The minimum atomic E-state index is -0.208. The van der Waals surface area contributed by atoms with E-state index in [4.69, 9.17) is 9.72 Å². The number of fused-ring (bicyclic) bond motifs is 2. The molecular formula is C23H28N4O2. The highest BCUT2D eigenvalue weighted by Gasteiger charge is 2.32. The molecular weight excluding hydrogens is 364 g/mol. The van der Waals surface area contributed by atoms with E-state index in [1.165, 1.54) is 0 Å². The number of nitrogens with one attached hydrogen (secondary N) is 2. The van der Waals surface area contributed by atoms with Crippen molar-refractivity contribution in [3.63, 3.8) is 0 Å². The van der Waals surface area contributed by atoms with Crippen LogP contribution in [0, 0.1) is 0 Å². The highest BCUT2D eigenvalue weighted by atomic mass is 16.5. The lowest BCUT2D eigenvalue weighted by Gasteiger charge is -2.31. The predicted molar refractivity (Wildman–Crippen MR) is 118 cm³/mol. The summed E-state index contributed by atoms with van der Waals surface area (Å²) in [6, 6.07) is 10.3. The van der Waals surface area contributed by atoms with Crippen molar-refractivity contribution in [2.75, 3.05) is 30.4 Å². The second-order valence-electron chi connectivity index (χ2n) is 8.17. The molecule has 29 heavy (non-hydrogen) atoms. The fraction of sp³-hybridized carbons (Fsp3) is 0.391. The minimum Gasteiger partial charge on any atom is -0.496 e. The molecule has 1 amide bonds. The van der Waals surface area contributed by atoms with Crippen LogP contribution < -0.4 is 15.0 Å². The van der Waals surface area contributed by atoms with Gasteiger partial charge in [-0.15, -0.1) is 0 Å². The van der Waals surface area contributed by atoms with Gasteiger partial charge in [-0.2, -0.15) is 0 Å². The molecule has 3 aromatic rings. The number of benzene rings is 2. The first-order valence-corrected chi connectivity index (χ1v) is 10.1. The number of ether oxygens (including phenoxy) is 1. The molecule has 6 heteroatoms. The molecule has 1 aliphatic heterocycles. The SMILES string of the molecule is CCN(CC)c1ccc(-c2nc3cc4c(cc3[nH]2)C(C)(C)CC(=O)N4)c(OC)c1. The van der Waals surface area contributed by atoms with Crippen LogP contribution in [0.1, 0.15) is 39.7 Å². The molecule has 0 fully saturated rings. The number of imidazole rings is 1. The Morgan fingerprint density at radius 1 is 1.17 bits per heavy atom. The van der Waals surface area contributed by atoms with Gasteiger partial charge in [-0.3, -0.25) is 4.79 Å². The molecule has 0 atom stereocenters. The van der Waals surface area contributed by atoms with Gasteiger partial charge >= 0.3 is 0 Å². The number of rotatable bonds is 5. The Morgan fingerprint density at radius 3 is 2.62 bits per heavy atom. The van der Waals surface area contributed by atoms with Crippen LogP contribution in [-0.2, 0) is 10.2 Å². The average molecular weight is 393 g/mol. The van der Waals surface area contributed by atoms with E-state index >= 15 is 0 Å². The molecule has 152 valence electrons. The Kier molecular flexibility index (Phi) is 4.73. The monoisotopic (exact) mass is 392 g/mol. The molecule has 2 heterocycles. The number of methoxy groups -OCH3 is 1. The summed E-state index contributed by atoms with van der Waals surface area (Å²) in [6.45, 7) is 10.4. The van der Waals surface area contributed by atoms with Crippen LogP contribution in [0.3, 0.4) is 0 Å². The molecule has 4 rings (SSSR count). The van der Waals surface area contributed by atoms with Crippen LogP contribution >= 0.6 is 0 Å². The molecule has 2 N–H and O–H groups in total. The summed E-state index contributed by atoms with van der Waals surface area (Å²) in [4.78, 5) is 22.6. The Morgan fingerprint density at radius 2 is 1.93 bits per heavy atom. The van der Waals surface area contributed by atoms with Crippen molar-refractivity contribution in [3.05, 3.63) is 35.9 Å². The van der Waals surface area contributed by atoms with E-state index in [0.717, 1.165) is 58.2 Å². The summed E-state index contributed by atoms with van der Waals surface area (Å²) >= 11 is 0. The van der Waals surface area contributed by atoms with Gasteiger partial charge in [0, 0.05) is 42.4 Å². The molecule has 6 nitrogen and oxygen atoms in total. The van der Waals surface area contributed by atoms with E-state index in [-0.39, 0.29) is 11.3 Å². The fourth-order valence-corrected chi connectivity index (χ4v) is 4.20. The molecule has 0 unspecified atom stereocenters. The first-order valence-electron chi connectivity index (χ1n) is 10.1. The second kappa shape index (κ2) is 7.10. The third-order valence-corrected chi connectivity index (χ3v) is 5.80. The van der Waals surface area contributed by atoms with E-state index in [9.17, 15) is 4.79 Å². The van der Waals surface area contributed by atoms with Gasteiger partial charge in [0.05, 0.1) is 23.7 Å². The maximum atomic E-state index is 12.1. The lowest BCUT2D eigenvalue weighted by atomic mass is 9.78. The second-order valence-corrected chi connectivity index (χ2v) is 8.17. The quantitative estimate of drug-likeness (QED) is 0.660. The smallest absolute Gasteiger partial charge is 0.225 e. The van der Waals surface area contributed by atoms with Crippen molar-refractivity contribution < 1.29 is 9.53 Å². The van der Waals surface area contributed by atoms with Crippen LogP contribution in [0.2, 0.25) is 0 Å². The number of amides is 1. The predicted octanol–water partition coefficient (Wildman–Crippen LogP) is 4.70. The van der Waals surface area contributed by atoms with Crippen molar-refractivity contribution in [2.45, 2.75) is 39.5 Å². The van der Waals surface area contributed by atoms with Crippen LogP contribution in [0.4, 0.5) is 11.4 Å². The molecule has 0 saturated heterocycles. The molecule has 0 spiro atoms. The standard InChI is InChI=1S/C23H28N4O2/c1-6-27(7-2)14-8-9-15(20(10-14)29-5)22-25-18-11-16-17(12-19(18)26-22)24-21(28)13-23(16,3)4/h8-12H,6-7,13H2,1-5H3,(H,24,28)(H,25,26). The minimum absolute atomic E-state index is 0.0475. The van der Waals surface area contributed by atoms with E-state index in [1.807, 2.05) is 6.07 Å².